The lowest BCUT2D eigenvalue weighted by molar-refractivity contribution is -0.122. The van der Waals surface area contributed by atoms with Gasteiger partial charge >= 0.3 is 0 Å². The van der Waals surface area contributed by atoms with Crippen molar-refractivity contribution < 1.29 is 9.53 Å². The number of nitrogens with one attached hydrogen (secondary N) is 2. The summed E-state index contributed by atoms with van der Waals surface area (Å²) < 4.78 is 5.65. The van der Waals surface area contributed by atoms with Crippen molar-refractivity contribution in [1.82, 2.24) is 10.6 Å². The van der Waals surface area contributed by atoms with Crippen LogP contribution in [0.4, 0.5) is 0 Å². The summed E-state index contributed by atoms with van der Waals surface area (Å²) in [4.78, 5) is 11.7. The lowest BCUT2D eigenvalue weighted by atomic mass is 9.96. The highest BCUT2D eigenvalue weighted by molar-refractivity contribution is 5.85. The maximum Gasteiger partial charge on any atom is 0.222 e. The quantitative estimate of drug-likeness (QED) is 0.687. The third-order valence-corrected chi connectivity index (χ3v) is 3.81. The van der Waals surface area contributed by atoms with Gasteiger partial charge in [-0.15, -0.1) is 12.4 Å². The van der Waals surface area contributed by atoms with Gasteiger partial charge in [-0.1, -0.05) is 13.8 Å². The molecule has 2 N–H and O–H groups in total. The van der Waals surface area contributed by atoms with E-state index in [1.165, 1.54) is 12.8 Å². The third kappa shape index (κ3) is 11.0. The van der Waals surface area contributed by atoms with Crippen LogP contribution in [-0.2, 0) is 9.53 Å². The molecule has 0 spiro atoms. The molecule has 0 aromatic carbocycles. The van der Waals surface area contributed by atoms with E-state index in [2.05, 4.69) is 31.4 Å². The predicted molar refractivity (Wildman–Crippen MR) is 90.0 cm³/mol. The number of rotatable bonds is 9. The topological polar surface area (TPSA) is 50.4 Å². The van der Waals surface area contributed by atoms with Gasteiger partial charge in [-0.25, -0.2) is 0 Å². The van der Waals surface area contributed by atoms with Crippen LogP contribution in [0, 0.1) is 11.8 Å². The van der Waals surface area contributed by atoms with E-state index in [1.807, 2.05) is 0 Å². The number of piperidine rings is 1. The van der Waals surface area contributed by atoms with Crippen molar-refractivity contribution in [2.75, 3.05) is 26.2 Å². The third-order valence-electron chi connectivity index (χ3n) is 3.81. The van der Waals surface area contributed by atoms with E-state index >= 15 is 0 Å². The Kier molecular flexibility index (Phi) is 12.1. The van der Waals surface area contributed by atoms with Gasteiger partial charge in [0.1, 0.15) is 0 Å². The SMILES string of the molecule is CC(C)CC(C)OCCC(=O)NCCC1CCCNC1.Cl. The van der Waals surface area contributed by atoms with Crippen LogP contribution in [0.15, 0.2) is 0 Å². The minimum Gasteiger partial charge on any atom is -0.378 e. The first-order valence-corrected chi connectivity index (χ1v) is 8.17. The van der Waals surface area contributed by atoms with Crippen molar-refractivity contribution in [2.45, 2.75) is 59.0 Å². The maximum absolute atomic E-state index is 11.7. The number of hydrogen-bond donors (Lipinski definition) is 2. The fraction of sp³-hybridized carbons (Fsp3) is 0.938. The summed E-state index contributed by atoms with van der Waals surface area (Å²) in [6, 6.07) is 0. The summed E-state index contributed by atoms with van der Waals surface area (Å²) in [5.41, 5.74) is 0. The molecule has 1 rings (SSSR count). The molecule has 0 bridgehead atoms. The van der Waals surface area contributed by atoms with Crippen molar-refractivity contribution in [3.05, 3.63) is 0 Å². The zero-order valence-corrected chi connectivity index (χ0v) is 14.6. The van der Waals surface area contributed by atoms with Gasteiger partial charge in [0, 0.05) is 13.0 Å². The zero-order valence-electron chi connectivity index (χ0n) is 13.8. The smallest absolute Gasteiger partial charge is 0.222 e. The Balaban J connectivity index is 0.00000400. The highest BCUT2D eigenvalue weighted by atomic mass is 35.5. The lowest BCUT2D eigenvalue weighted by Crippen LogP contribution is -2.33. The molecule has 1 heterocycles. The van der Waals surface area contributed by atoms with Gasteiger partial charge < -0.3 is 15.4 Å². The number of halogens is 1. The first kappa shape index (κ1) is 20.7. The molecular formula is C16H33ClN2O2. The van der Waals surface area contributed by atoms with Crippen LogP contribution in [0.1, 0.15) is 52.9 Å². The lowest BCUT2D eigenvalue weighted by Gasteiger charge is -2.22. The highest BCUT2D eigenvalue weighted by Gasteiger charge is 2.13. The molecule has 0 saturated carbocycles. The van der Waals surface area contributed by atoms with Crippen molar-refractivity contribution >= 4 is 18.3 Å². The molecule has 5 heteroatoms. The molecule has 1 amide bonds. The van der Waals surface area contributed by atoms with Gasteiger partial charge in [-0.05, 0) is 57.5 Å². The number of hydrogen-bond acceptors (Lipinski definition) is 3. The summed E-state index contributed by atoms with van der Waals surface area (Å²) >= 11 is 0. The van der Waals surface area contributed by atoms with E-state index in [9.17, 15) is 4.79 Å². The molecule has 2 atom stereocenters. The second-order valence-electron chi connectivity index (χ2n) is 6.41. The predicted octanol–water partition coefficient (Wildman–Crippen LogP) is 2.76. The van der Waals surface area contributed by atoms with Crippen LogP contribution >= 0.6 is 12.4 Å². The van der Waals surface area contributed by atoms with E-state index in [1.54, 1.807) is 0 Å². The van der Waals surface area contributed by atoms with Crippen molar-refractivity contribution in [2.24, 2.45) is 11.8 Å². The van der Waals surface area contributed by atoms with Crippen LogP contribution in [0.2, 0.25) is 0 Å². The van der Waals surface area contributed by atoms with Gasteiger partial charge in [0.2, 0.25) is 5.91 Å². The second-order valence-corrected chi connectivity index (χ2v) is 6.41. The normalized spacial score (nSPS) is 19.9. The van der Waals surface area contributed by atoms with Crippen molar-refractivity contribution in [1.29, 1.82) is 0 Å². The largest absolute Gasteiger partial charge is 0.378 e. The van der Waals surface area contributed by atoms with Gasteiger partial charge in [-0.3, -0.25) is 4.79 Å². The standard InChI is InChI=1S/C16H32N2O2.ClH/c1-13(2)11-14(3)20-10-7-16(19)18-9-6-15-5-4-8-17-12-15;/h13-15,17H,4-12H2,1-3H3,(H,18,19);1H. The van der Waals surface area contributed by atoms with Crippen molar-refractivity contribution in [3.8, 4) is 0 Å². The molecule has 0 aromatic rings. The minimum absolute atomic E-state index is 0. The van der Waals surface area contributed by atoms with Crippen LogP contribution < -0.4 is 10.6 Å². The van der Waals surface area contributed by atoms with E-state index in [0.717, 1.165) is 38.4 Å². The molecule has 0 aliphatic carbocycles. The van der Waals surface area contributed by atoms with E-state index in [0.29, 0.717) is 18.9 Å². The Hall–Kier alpha value is -0.320. The summed E-state index contributed by atoms with van der Waals surface area (Å²) in [6.07, 6.45) is 5.42. The second kappa shape index (κ2) is 12.2. The van der Waals surface area contributed by atoms with Gasteiger partial charge in [-0.2, -0.15) is 0 Å². The van der Waals surface area contributed by atoms with Crippen LogP contribution in [-0.4, -0.2) is 38.3 Å². The molecule has 0 aromatic heterocycles. The van der Waals surface area contributed by atoms with Crippen molar-refractivity contribution in [3.63, 3.8) is 0 Å². The number of carbonyl (C=O) groups is 1. The Morgan fingerprint density at radius 2 is 2.14 bits per heavy atom. The van der Waals surface area contributed by atoms with Gasteiger partial charge in [0.25, 0.3) is 0 Å². The molecule has 1 aliphatic rings. The summed E-state index contributed by atoms with van der Waals surface area (Å²) in [7, 11) is 0. The molecule has 2 unspecified atom stereocenters. The number of carbonyl (C=O) groups excluding carboxylic acids is 1. The number of ether oxygens (including phenoxy) is 1. The molecular weight excluding hydrogens is 288 g/mol. The zero-order chi connectivity index (χ0) is 14.8. The fourth-order valence-electron chi connectivity index (χ4n) is 2.76. The Morgan fingerprint density at radius 3 is 2.76 bits per heavy atom. The molecule has 1 aliphatic heterocycles. The Labute approximate surface area is 136 Å². The molecule has 0 radical (unpaired) electrons. The summed E-state index contributed by atoms with van der Waals surface area (Å²) in [6.45, 7) is 10.0. The average Bonchev–Trinajstić information content (AvgIpc) is 2.39. The molecule has 21 heavy (non-hydrogen) atoms. The first-order chi connectivity index (χ1) is 9.58. The van der Waals surface area contributed by atoms with Crippen LogP contribution in [0.5, 0.6) is 0 Å². The molecule has 1 saturated heterocycles. The Morgan fingerprint density at radius 1 is 1.38 bits per heavy atom. The van der Waals surface area contributed by atoms with E-state index < -0.39 is 0 Å². The molecule has 126 valence electrons. The number of amides is 1. The minimum atomic E-state index is 0. The average molecular weight is 321 g/mol. The van der Waals surface area contributed by atoms with Gasteiger partial charge in [0.15, 0.2) is 0 Å². The van der Waals surface area contributed by atoms with Crippen LogP contribution in [0.25, 0.3) is 0 Å². The molecule has 4 nitrogen and oxygen atoms in total. The first-order valence-electron chi connectivity index (χ1n) is 8.17. The van der Waals surface area contributed by atoms with Gasteiger partial charge in [0.05, 0.1) is 12.7 Å². The molecule has 1 fully saturated rings. The fourth-order valence-corrected chi connectivity index (χ4v) is 2.76. The highest BCUT2D eigenvalue weighted by Crippen LogP contribution is 2.12. The Bertz CT molecular complexity index is 269. The van der Waals surface area contributed by atoms with E-state index in [4.69, 9.17) is 4.74 Å². The summed E-state index contributed by atoms with van der Waals surface area (Å²) in [5.74, 6) is 1.49. The van der Waals surface area contributed by atoms with E-state index in [-0.39, 0.29) is 24.4 Å². The monoisotopic (exact) mass is 320 g/mol. The van der Waals surface area contributed by atoms with Crippen LogP contribution in [0.3, 0.4) is 0 Å². The maximum atomic E-state index is 11.7. The summed E-state index contributed by atoms with van der Waals surface area (Å²) in [5, 5.41) is 6.40.